The quantitative estimate of drug-likeness (QED) is 0.405. The van der Waals surface area contributed by atoms with Gasteiger partial charge >= 0.3 is 0 Å². The highest BCUT2D eigenvalue weighted by molar-refractivity contribution is 5.89. The molecule has 0 aliphatic carbocycles. The van der Waals surface area contributed by atoms with Gasteiger partial charge in [-0.1, -0.05) is 57.2 Å². The number of aromatic nitrogens is 2. The van der Waals surface area contributed by atoms with Gasteiger partial charge in [-0.25, -0.2) is 0 Å². The molecule has 2 aromatic carbocycles. The van der Waals surface area contributed by atoms with Crippen LogP contribution in [0.25, 0.3) is 21.8 Å². The fourth-order valence-corrected chi connectivity index (χ4v) is 6.18. The van der Waals surface area contributed by atoms with Crippen molar-refractivity contribution in [2.45, 2.75) is 58.4 Å². The zero-order valence-electron chi connectivity index (χ0n) is 19.9. The molecular weight excluding hydrogens is 406 g/mol. The third kappa shape index (κ3) is 3.47. The van der Waals surface area contributed by atoms with E-state index in [-0.39, 0.29) is 17.2 Å². The highest BCUT2D eigenvalue weighted by Crippen LogP contribution is 2.46. The van der Waals surface area contributed by atoms with Gasteiger partial charge < -0.3 is 14.5 Å². The molecule has 0 bridgehead atoms. The molecule has 1 N–H and O–H groups in total. The smallest absolute Gasteiger partial charge is 0.223 e. The van der Waals surface area contributed by atoms with E-state index >= 15 is 0 Å². The lowest BCUT2D eigenvalue weighted by molar-refractivity contribution is -0.132. The summed E-state index contributed by atoms with van der Waals surface area (Å²) in [6.07, 6.45) is 7.53. The van der Waals surface area contributed by atoms with Crippen LogP contribution in [-0.2, 0) is 17.8 Å². The first-order valence-corrected chi connectivity index (χ1v) is 12.3. The molecule has 1 saturated heterocycles. The van der Waals surface area contributed by atoms with Crippen LogP contribution >= 0.6 is 0 Å². The van der Waals surface area contributed by atoms with E-state index in [9.17, 15) is 4.79 Å². The van der Waals surface area contributed by atoms with E-state index in [4.69, 9.17) is 0 Å². The number of nitrogens with one attached hydrogen (secondary N) is 1. The maximum absolute atomic E-state index is 13.3. The van der Waals surface area contributed by atoms with Crippen molar-refractivity contribution >= 4 is 27.7 Å². The number of nitrogens with zero attached hydrogens (tertiary/aromatic N) is 2. The number of amides is 1. The third-order valence-electron chi connectivity index (χ3n) is 7.63. The Kier molecular flexibility index (Phi) is 4.69. The molecule has 2 aliphatic rings. The first-order chi connectivity index (χ1) is 15.9. The SMILES string of the molecule is CC(C)(C)CC(=O)N1CC(c2c[nH]c3ccccc23)C(c2cn3c4c(cccc24)CCC3)C1. The topological polar surface area (TPSA) is 41.0 Å². The van der Waals surface area contributed by atoms with Gasteiger partial charge in [0.2, 0.25) is 5.91 Å². The molecule has 4 aromatic rings. The number of likely N-dealkylation sites (tertiary alicyclic amines) is 1. The van der Waals surface area contributed by atoms with Gasteiger partial charge in [-0.15, -0.1) is 0 Å². The lowest BCUT2D eigenvalue weighted by Gasteiger charge is -2.23. The molecule has 1 fully saturated rings. The van der Waals surface area contributed by atoms with Gasteiger partial charge in [-0.3, -0.25) is 4.79 Å². The van der Waals surface area contributed by atoms with Crippen molar-refractivity contribution in [3.8, 4) is 0 Å². The van der Waals surface area contributed by atoms with Gasteiger partial charge in [-0.2, -0.15) is 0 Å². The van der Waals surface area contributed by atoms with Crippen molar-refractivity contribution in [3.63, 3.8) is 0 Å². The van der Waals surface area contributed by atoms with E-state index in [0.717, 1.165) is 26.1 Å². The van der Waals surface area contributed by atoms with Crippen LogP contribution in [0.15, 0.2) is 54.9 Å². The molecule has 4 nitrogen and oxygen atoms in total. The van der Waals surface area contributed by atoms with Crippen LogP contribution in [-0.4, -0.2) is 33.4 Å². The second kappa shape index (κ2) is 7.51. The Labute approximate surface area is 195 Å². The number of hydrogen-bond donors (Lipinski definition) is 1. The molecule has 2 aromatic heterocycles. The second-order valence-corrected chi connectivity index (χ2v) is 11.2. The Morgan fingerprint density at radius 2 is 1.76 bits per heavy atom. The first-order valence-electron chi connectivity index (χ1n) is 12.3. The minimum atomic E-state index is -0.00483. The van der Waals surface area contributed by atoms with Crippen molar-refractivity contribution in [1.82, 2.24) is 14.5 Å². The zero-order valence-corrected chi connectivity index (χ0v) is 19.9. The molecular formula is C29H33N3O. The van der Waals surface area contributed by atoms with Crippen LogP contribution in [0.4, 0.5) is 0 Å². The standard InChI is InChI=1S/C29H33N3O/c1-29(2,3)14-27(33)32-17-24(22-15-30-26-12-5-4-10-20(22)26)25(18-32)23-16-31-13-7-9-19-8-6-11-21(23)28(19)31/h4-6,8,10-12,15-16,24-25,30H,7,9,13-14,17-18H2,1-3H3. The van der Waals surface area contributed by atoms with E-state index in [1.807, 2.05) is 0 Å². The Hall–Kier alpha value is -3.01. The third-order valence-corrected chi connectivity index (χ3v) is 7.63. The van der Waals surface area contributed by atoms with Gasteiger partial charge in [0.05, 0.1) is 5.52 Å². The van der Waals surface area contributed by atoms with Crippen molar-refractivity contribution in [1.29, 1.82) is 0 Å². The number of carbonyl (C=O) groups is 1. The first kappa shape index (κ1) is 20.6. The van der Waals surface area contributed by atoms with Gasteiger partial charge in [0.1, 0.15) is 0 Å². The highest BCUT2D eigenvalue weighted by atomic mass is 16.2. The summed E-state index contributed by atoms with van der Waals surface area (Å²) in [4.78, 5) is 18.9. The average Bonchev–Trinajstić information content (AvgIpc) is 3.48. The summed E-state index contributed by atoms with van der Waals surface area (Å²) in [7, 11) is 0. The predicted molar refractivity (Wildman–Crippen MR) is 135 cm³/mol. The molecule has 4 heteroatoms. The molecule has 170 valence electrons. The fraction of sp³-hybridized carbons (Fsp3) is 0.414. The molecule has 4 heterocycles. The van der Waals surface area contributed by atoms with Crippen LogP contribution in [0.2, 0.25) is 0 Å². The Balaban J connectivity index is 1.46. The van der Waals surface area contributed by atoms with E-state index < -0.39 is 0 Å². The van der Waals surface area contributed by atoms with Crippen molar-refractivity contribution in [3.05, 3.63) is 71.5 Å². The molecule has 6 rings (SSSR count). The normalized spacial score (nSPS) is 20.8. The van der Waals surface area contributed by atoms with Gasteiger partial charge in [0.15, 0.2) is 0 Å². The number of fused-ring (bicyclic) bond motifs is 1. The summed E-state index contributed by atoms with van der Waals surface area (Å²) in [5.74, 6) is 0.863. The van der Waals surface area contributed by atoms with Crippen LogP contribution in [0, 0.1) is 5.41 Å². The monoisotopic (exact) mass is 439 g/mol. The van der Waals surface area contributed by atoms with E-state index in [1.165, 1.54) is 44.9 Å². The maximum Gasteiger partial charge on any atom is 0.223 e. The lowest BCUT2D eigenvalue weighted by Crippen LogP contribution is -2.31. The Bertz CT molecular complexity index is 1350. The summed E-state index contributed by atoms with van der Waals surface area (Å²) < 4.78 is 2.47. The summed E-state index contributed by atoms with van der Waals surface area (Å²) in [6.45, 7) is 9.13. The minimum absolute atomic E-state index is 0.00483. The number of benzene rings is 2. The van der Waals surface area contributed by atoms with Gasteiger partial charge in [0, 0.05) is 66.6 Å². The predicted octanol–water partition coefficient (Wildman–Crippen LogP) is 6.21. The molecule has 2 aliphatic heterocycles. The largest absolute Gasteiger partial charge is 0.361 e. The Morgan fingerprint density at radius 3 is 2.58 bits per heavy atom. The summed E-state index contributed by atoms with van der Waals surface area (Å²) in [5, 5.41) is 2.67. The van der Waals surface area contributed by atoms with Crippen LogP contribution < -0.4 is 0 Å². The fourth-order valence-electron chi connectivity index (χ4n) is 6.18. The maximum atomic E-state index is 13.3. The highest BCUT2D eigenvalue weighted by Gasteiger charge is 2.40. The van der Waals surface area contributed by atoms with Crippen LogP contribution in [0.5, 0.6) is 0 Å². The molecule has 0 spiro atoms. The molecule has 1 amide bonds. The van der Waals surface area contributed by atoms with E-state index in [0.29, 0.717) is 12.3 Å². The minimum Gasteiger partial charge on any atom is -0.361 e. The summed E-state index contributed by atoms with van der Waals surface area (Å²) in [6, 6.07) is 15.4. The summed E-state index contributed by atoms with van der Waals surface area (Å²) in [5.41, 5.74) is 6.80. The number of rotatable bonds is 3. The lowest BCUT2D eigenvalue weighted by atomic mass is 9.83. The van der Waals surface area contributed by atoms with Gasteiger partial charge in [-0.05, 0) is 41.0 Å². The zero-order chi connectivity index (χ0) is 22.7. The molecule has 2 atom stereocenters. The average molecular weight is 440 g/mol. The van der Waals surface area contributed by atoms with E-state index in [1.54, 1.807) is 0 Å². The number of carbonyl (C=O) groups excluding carboxylic acids is 1. The van der Waals surface area contributed by atoms with Crippen LogP contribution in [0.3, 0.4) is 0 Å². The van der Waals surface area contributed by atoms with Crippen LogP contribution in [0.1, 0.15) is 62.1 Å². The molecule has 33 heavy (non-hydrogen) atoms. The Morgan fingerprint density at radius 1 is 1.00 bits per heavy atom. The van der Waals surface area contributed by atoms with Gasteiger partial charge in [0.25, 0.3) is 0 Å². The van der Waals surface area contributed by atoms with E-state index in [2.05, 4.69) is 90.1 Å². The molecule has 2 unspecified atom stereocenters. The van der Waals surface area contributed by atoms with Crippen molar-refractivity contribution < 1.29 is 4.79 Å². The number of aromatic amines is 1. The second-order valence-electron chi connectivity index (χ2n) is 11.2. The molecule has 0 radical (unpaired) electrons. The number of aryl methyl sites for hydroxylation is 2. The number of H-pyrrole nitrogens is 1. The van der Waals surface area contributed by atoms with Crippen molar-refractivity contribution in [2.75, 3.05) is 13.1 Å². The summed E-state index contributed by atoms with van der Waals surface area (Å²) >= 11 is 0. The van der Waals surface area contributed by atoms with Crippen molar-refractivity contribution in [2.24, 2.45) is 5.41 Å². The number of hydrogen-bond acceptors (Lipinski definition) is 1. The molecule has 0 saturated carbocycles. The number of para-hydroxylation sites is 2.